The summed E-state index contributed by atoms with van der Waals surface area (Å²) in [7, 11) is 0. The molecule has 9 aromatic rings. The van der Waals surface area contributed by atoms with Crippen molar-refractivity contribution in [3.05, 3.63) is 152 Å². The molecule has 0 saturated carbocycles. The van der Waals surface area contributed by atoms with E-state index in [2.05, 4.69) is 149 Å². The molecule has 0 amide bonds. The lowest BCUT2D eigenvalue weighted by Gasteiger charge is -2.11. The molecule has 9 rings (SSSR count). The Labute approximate surface area is 242 Å². The third kappa shape index (κ3) is 3.31. The SMILES string of the molecule is c1ccc(-n2c3cccc(-c4ccc5c6ccccc6n(-c6ccc7ccccc7c6)c5c4)c3c3cccnc32)cc1. The number of nitrogens with zero attached hydrogens (tertiary/aromatic N) is 3. The quantitative estimate of drug-likeness (QED) is 0.221. The summed E-state index contributed by atoms with van der Waals surface area (Å²) in [6.07, 6.45) is 1.88. The first-order chi connectivity index (χ1) is 20.8. The average molecular weight is 536 g/mol. The van der Waals surface area contributed by atoms with Crippen molar-refractivity contribution in [2.24, 2.45) is 0 Å². The van der Waals surface area contributed by atoms with Crippen molar-refractivity contribution in [3.8, 4) is 22.5 Å². The van der Waals surface area contributed by atoms with Crippen LogP contribution in [-0.4, -0.2) is 14.1 Å². The zero-order valence-electron chi connectivity index (χ0n) is 22.8. The lowest BCUT2D eigenvalue weighted by Crippen LogP contribution is -1.95. The molecule has 3 nitrogen and oxygen atoms in total. The number of hydrogen-bond acceptors (Lipinski definition) is 1. The molecule has 0 aliphatic carbocycles. The van der Waals surface area contributed by atoms with Crippen LogP contribution < -0.4 is 0 Å². The van der Waals surface area contributed by atoms with Crippen molar-refractivity contribution in [3.63, 3.8) is 0 Å². The Kier molecular flexibility index (Phi) is 4.90. The Hall–Kier alpha value is -5.67. The molecule has 0 saturated heterocycles. The molecule has 0 fully saturated rings. The van der Waals surface area contributed by atoms with Gasteiger partial charge in [-0.1, -0.05) is 91.0 Å². The van der Waals surface area contributed by atoms with E-state index in [4.69, 9.17) is 4.98 Å². The van der Waals surface area contributed by atoms with Gasteiger partial charge in [-0.25, -0.2) is 4.98 Å². The molecule has 0 bridgehead atoms. The number of rotatable bonds is 3. The summed E-state index contributed by atoms with van der Waals surface area (Å²) in [5.41, 5.74) is 9.21. The van der Waals surface area contributed by atoms with Crippen molar-refractivity contribution in [1.29, 1.82) is 0 Å². The van der Waals surface area contributed by atoms with Gasteiger partial charge in [0.2, 0.25) is 0 Å². The molecule has 0 atom stereocenters. The fourth-order valence-corrected chi connectivity index (χ4v) is 6.70. The minimum Gasteiger partial charge on any atom is -0.309 e. The highest BCUT2D eigenvalue weighted by Crippen LogP contribution is 2.40. The molecule has 0 spiro atoms. The molecule has 196 valence electrons. The van der Waals surface area contributed by atoms with E-state index in [1.807, 2.05) is 12.3 Å². The molecule has 0 unspecified atom stereocenters. The van der Waals surface area contributed by atoms with Gasteiger partial charge >= 0.3 is 0 Å². The molecule has 0 radical (unpaired) electrons. The molecule has 0 aliphatic rings. The highest BCUT2D eigenvalue weighted by molar-refractivity contribution is 6.16. The van der Waals surface area contributed by atoms with Gasteiger partial charge in [0.15, 0.2) is 0 Å². The zero-order valence-corrected chi connectivity index (χ0v) is 22.8. The van der Waals surface area contributed by atoms with Crippen LogP contribution in [0.1, 0.15) is 0 Å². The number of fused-ring (bicyclic) bond motifs is 7. The van der Waals surface area contributed by atoms with E-state index < -0.39 is 0 Å². The van der Waals surface area contributed by atoms with Gasteiger partial charge in [-0.15, -0.1) is 0 Å². The molecular formula is C39H25N3. The number of pyridine rings is 1. The lowest BCUT2D eigenvalue weighted by molar-refractivity contribution is 1.14. The maximum absolute atomic E-state index is 4.85. The normalized spacial score (nSPS) is 11.8. The number of aromatic nitrogens is 3. The van der Waals surface area contributed by atoms with Crippen molar-refractivity contribution in [2.45, 2.75) is 0 Å². The van der Waals surface area contributed by atoms with E-state index in [1.54, 1.807) is 0 Å². The fraction of sp³-hybridized carbons (Fsp3) is 0. The first-order valence-electron chi connectivity index (χ1n) is 14.3. The Morgan fingerprint density at radius 1 is 0.429 bits per heavy atom. The van der Waals surface area contributed by atoms with Crippen LogP contribution >= 0.6 is 0 Å². The highest BCUT2D eigenvalue weighted by Gasteiger charge is 2.18. The second-order valence-electron chi connectivity index (χ2n) is 10.9. The van der Waals surface area contributed by atoms with Crippen LogP contribution in [-0.2, 0) is 0 Å². The van der Waals surface area contributed by atoms with Gasteiger partial charge in [-0.2, -0.15) is 0 Å². The smallest absolute Gasteiger partial charge is 0.145 e. The van der Waals surface area contributed by atoms with Crippen LogP contribution in [0.4, 0.5) is 0 Å². The Morgan fingerprint density at radius 2 is 1.19 bits per heavy atom. The van der Waals surface area contributed by atoms with E-state index in [0.29, 0.717) is 0 Å². The van der Waals surface area contributed by atoms with Gasteiger partial charge in [0.05, 0.1) is 16.6 Å². The third-order valence-corrected chi connectivity index (χ3v) is 8.54. The van der Waals surface area contributed by atoms with Crippen LogP contribution in [0.25, 0.3) is 77.0 Å². The van der Waals surface area contributed by atoms with Crippen molar-refractivity contribution >= 4 is 54.5 Å². The summed E-state index contributed by atoms with van der Waals surface area (Å²) in [4.78, 5) is 4.85. The minimum absolute atomic E-state index is 0.970. The van der Waals surface area contributed by atoms with Gasteiger partial charge in [-0.3, -0.25) is 4.57 Å². The monoisotopic (exact) mass is 535 g/mol. The largest absolute Gasteiger partial charge is 0.309 e. The van der Waals surface area contributed by atoms with E-state index >= 15 is 0 Å². The van der Waals surface area contributed by atoms with Gasteiger partial charge in [0, 0.05) is 39.1 Å². The summed E-state index contributed by atoms with van der Waals surface area (Å²) >= 11 is 0. The van der Waals surface area contributed by atoms with E-state index in [1.165, 1.54) is 54.8 Å². The number of benzene rings is 6. The Bertz CT molecular complexity index is 2460. The molecule has 3 heterocycles. The molecule has 0 aliphatic heterocycles. The summed E-state index contributed by atoms with van der Waals surface area (Å²) in [6, 6.07) is 52.3. The van der Waals surface area contributed by atoms with Crippen LogP contribution in [0.2, 0.25) is 0 Å². The molecule has 42 heavy (non-hydrogen) atoms. The lowest BCUT2D eigenvalue weighted by atomic mass is 9.98. The molecule has 6 aromatic carbocycles. The van der Waals surface area contributed by atoms with Gasteiger partial charge in [0.1, 0.15) is 5.65 Å². The van der Waals surface area contributed by atoms with E-state index in [0.717, 1.165) is 22.2 Å². The van der Waals surface area contributed by atoms with E-state index in [-0.39, 0.29) is 0 Å². The van der Waals surface area contributed by atoms with Crippen molar-refractivity contribution in [2.75, 3.05) is 0 Å². The van der Waals surface area contributed by atoms with Crippen LogP contribution in [0.5, 0.6) is 0 Å². The van der Waals surface area contributed by atoms with Crippen molar-refractivity contribution < 1.29 is 0 Å². The predicted molar refractivity (Wildman–Crippen MR) is 176 cm³/mol. The van der Waals surface area contributed by atoms with Crippen LogP contribution in [0, 0.1) is 0 Å². The maximum Gasteiger partial charge on any atom is 0.145 e. The standard InChI is InChI=1S/C39H25N3/c1-2-12-29(13-3-1)42-36-18-8-15-31(38(36)34-16-9-23-40-39(34)42)28-20-22-33-32-14-6-7-17-35(32)41(37(33)25-28)30-21-19-26-10-4-5-11-27(26)24-30/h1-25H. The molecular weight excluding hydrogens is 510 g/mol. The zero-order chi connectivity index (χ0) is 27.6. The maximum atomic E-state index is 4.85. The van der Waals surface area contributed by atoms with Gasteiger partial charge in [-0.05, 0) is 76.5 Å². The van der Waals surface area contributed by atoms with Crippen LogP contribution in [0.15, 0.2) is 152 Å². The Balaban J connectivity index is 1.35. The molecule has 3 heteroatoms. The highest BCUT2D eigenvalue weighted by atomic mass is 15.0. The predicted octanol–water partition coefficient (Wildman–Crippen LogP) is 10.1. The number of para-hydroxylation sites is 2. The topological polar surface area (TPSA) is 22.8 Å². The fourth-order valence-electron chi connectivity index (χ4n) is 6.70. The first-order valence-corrected chi connectivity index (χ1v) is 14.3. The summed E-state index contributed by atoms with van der Waals surface area (Å²) < 4.78 is 4.69. The number of hydrogen-bond donors (Lipinski definition) is 0. The summed E-state index contributed by atoms with van der Waals surface area (Å²) in [5.74, 6) is 0. The van der Waals surface area contributed by atoms with Gasteiger partial charge < -0.3 is 4.57 Å². The second-order valence-corrected chi connectivity index (χ2v) is 10.9. The minimum atomic E-state index is 0.970. The van der Waals surface area contributed by atoms with E-state index in [9.17, 15) is 0 Å². The summed E-state index contributed by atoms with van der Waals surface area (Å²) in [6.45, 7) is 0. The molecule has 3 aromatic heterocycles. The first kappa shape index (κ1) is 23.1. The molecule has 0 N–H and O–H groups in total. The second kappa shape index (κ2) is 8.92. The summed E-state index contributed by atoms with van der Waals surface area (Å²) in [5, 5.41) is 7.37. The average Bonchev–Trinajstić information content (AvgIpc) is 3.57. The van der Waals surface area contributed by atoms with Crippen molar-refractivity contribution in [1.82, 2.24) is 14.1 Å². The Morgan fingerprint density at radius 3 is 2.12 bits per heavy atom. The third-order valence-electron chi connectivity index (χ3n) is 8.54. The van der Waals surface area contributed by atoms with Crippen LogP contribution in [0.3, 0.4) is 0 Å². The van der Waals surface area contributed by atoms with Gasteiger partial charge in [0.25, 0.3) is 0 Å².